The van der Waals surface area contributed by atoms with Crippen molar-refractivity contribution in [3.8, 4) is 6.07 Å². The predicted molar refractivity (Wildman–Crippen MR) is 154 cm³/mol. The van der Waals surface area contributed by atoms with Crippen molar-refractivity contribution >= 4 is 0 Å². The Bertz CT molecular complexity index is 587. The zero-order valence-electron chi connectivity index (χ0n) is 24.2. The van der Waals surface area contributed by atoms with Gasteiger partial charge in [0.15, 0.2) is 0 Å². The number of hydrogen-bond donors (Lipinski definition) is 0. The number of nitriles is 1. The molecule has 3 heteroatoms. The molecule has 1 heterocycles. The van der Waals surface area contributed by atoms with Crippen LogP contribution in [0.1, 0.15) is 167 Å². The van der Waals surface area contributed by atoms with Gasteiger partial charge in [0.2, 0.25) is 6.29 Å². The Hall–Kier alpha value is -0.590. The van der Waals surface area contributed by atoms with Crippen LogP contribution in [0.4, 0.5) is 0 Å². The molecule has 0 spiro atoms. The van der Waals surface area contributed by atoms with Crippen molar-refractivity contribution in [1.82, 2.24) is 0 Å². The van der Waals surface area contributed by atoms with Crippen molar-refractivity contribution in [3.63, 3.8) is 0 Å². The first kappa shape index (κ1) is 30.9. The molecule has 0 aromatic rings. The molecule has 0 aromatic carbocycles. The van der Waals surface area contributed by atoms with E-state index in [2.05, 4.69) is 13.0 Å². The molecule has 3 saturated carbocycles. The summed E-state index contributed by atoms with van der Waals surface area (Å²) in [5, 5.41) is 9.61. The van der Waals surface area contributed by atoms with Crippen molar-refractivity contribution in [2.45, 2.75) is 179 Å². The molecule has 4 rings (SSSR count). The van der Waals surface area contributed by atoms with E-state index in [9.17, 15) is 5.26 Å². The molecule has 1 aliphatic heterocycles. The Kier molecular flexibility index (Phi) is 16.3. The van der Waals surface area contributed by atoms with Crippen molar-refractivity contribution < 1.29 is 9.47 Å². The van der Waals surface area contributed by atoms with Crippen LogP contribution in [0.3, 0.4) is 0 Å². The molecular weight excluding hydrogens is 454 g/mol. The molecule has 0 amide bonds. The second kappa shape index (κ2) is 19.5. The number of fused-ring (bicyclic) bond motifs is 8. The molecule has 4 aliphatic rings. The lowest BCUT2D eigenvalue weighted by molar-refractivity contribution is -0.107. The fourth-order valence-electron chi connectivity index (χ4n) is 7.15. The average Bonchev–Trinajstić information content (AvgIpc) is 3.08. The SMILES string of the molecule is [CH2]CCCCCCCCC(C#N)CCCCC[C]1OC2CCC(O1)C1CCCCCC(CCCCC1)C2. The Labute approximate surface area is 230 Å². The lowest BCUT2D eigenvalue weighted by Crippen LogP contribution is -2.25. The van der Waals surface area contributed by atoms with Crippen LogP contribution >= 0.6 is 0 Å². The van der Waals surface area contributed by atoms with Crippen LogP contribution < -0.4 is 0 Å². The molecule has 1 saturated heterocycles. The lowest BCUT2D eigenvalue weighted by atomic mass is 9.82. The van der Waals surface area contributed by atoms with Gasteiger partial charge in [0.25, 0.3) is 0 Å². The van der Waals surface area contributed by atoms with Crippen LogP contribution in [-0.4, -0.2) is 12.2 Å². The Morgan fingerprint density at radius 3 is 2.00 bits per heavy atom. The second-order valence-corrected chi connectivity index (χ2v) is 12.7. The van der Waals surface area contributed by atoms with Crippen molar-refractivity contribution in [3.05, 3.63) is 13.2 Å². The summed E-state index contributed by atoms with van der Waals surface area (Å²) in [4.78, 5) is 0. The number of ether oxygens (including phenoxy) is 2. The molecule has 4 fully saturated rings. The van der Waals surface area contributed by atoms with Crippen molar-refractivity contribution in [2.75, 3.05) is 0 Å². The van der Waals surface area contributed by atoms with E-state index in [1.165, 1.54) is 128 Å². The van der Waals surface area contributed by atoms with Gasteiger partial charge in [0.1, 0.15) is 0 Å². The highest BCUT2D eigenvalue weighted by Gasteiger charge is 2.33. The third-order valence-corrected chi connectivity index (χ3v) is 9.52. The van der Waals surface area contributed by atoms with Crippen LogP contribution in [0.15, 0.2) is 0 Å². The molecule has 37 heavy (non-hydrogen) atoms. The third kappa shape index (κ3) is 12.9. The van der Waals surface area contributed by atoms with Gasteiger partial charge in [-0.25, -0.2) is 0 Å². The molecular formula is C34H59NO2. The van der Waals surface area contributed by atoms with E-state index in [0.717, 1.165) is 50.7 Å². The summed E-state index contributed by atoms with van der Waals surface area (Å²) in [7, 11) is 0. The third-order valence-electron chi connectivity index (χ3n) is 9.52. The molecule has 4 bridgehead atoms. The minimum absolute atomic E-state index is 0.244. The summed E-state index contributed by atoms with van der Waals surface area (Å²) in [6, 6.07) is 2.59. The van der Waals surface area contributed by atoms with Gasteiger partial charge in [-0.3, -0.25) is 0 Å². The smallest absolute Gasteiger partial charge is 0.224 e. The summed E-state index contributed by atoms with van der Waals surface area (Å²) < 4.78 is 13.3. The van der Waals surface area contributed by atoms with Gasteiger partial charge in [0.05, 0.1) is 18.3 Å². The Balaban J connectivity index is 1.40. The maximum absolute atomic E-state index is 9.61. The van der Waals surface area contributed by atoms with E-state index in [1.807, 2.05) is 0 Å². The van der Waals surface area contributed by atoms with Crippen LogP contribution in [0.2, 0.25) is 0 Å². The zero-order valence-corrected chi connectivity index (χ0v) is 24.2. The predicted octanol–water partition coefficient (Wildman–Crippen LogP) is 10.6. The zero-order chi connectivity index (χ0) is 26.0. The first-order valence-corrected chi connectivity index (χ1v) is 16.7. The largest absolute Gasteiger partial charge is 0.342 e. The van der Waals surface area contributed by atoms with Crippen LogP contribution in [-0.2, 0) is 9.47 Å². The average molecular weight is 514 g/mol. The maximum atomic E-state index is 9.61. The number of rotatable bonds is 14. The standard InChI is InChI=1S/C34H59NO2/c1-2-3-4-5-6-7-11-20-30(28-35)21-14-10-17-24-34-36-32-25-26-33(37-34)31-22-15-8-12-18-29(27-32)19-13-9-16-23-31/h29-33H,1-27H2. The molecule has 3 nitrogen and oxygen atoms in total. The minimum atomic E-state index is 0.244. The maximum Gasteiger partial charge on any atom is 0.224 e. The summed E-state index contributed by atoms with van der Waals surface area (Å²) in [5.74, 6) is 1.80. The van der Waals surface area contributed by atoms with Gasteiger partial charge >= 0.3 is 0 Å². The van der Waals surface area contributed by atoms with E-state index in [0.29, 0.717) is 18.1 Å². The van der Waals surface area contributed by atoms with Crippen molar-refractivity contribution in [2.24, 2.45) is 17.8 Å². The lowest BCUT2D eigenvalue weighted by Gasteiger charge is -2.28. The number of hydrogen-bond acceptors (Lipinski definition) is 3. The van der Waals surface area contributed by atoms with E-state index in [4.69, 9.17) is 9.47 Å². The summed E-state index contributed by atoms with van der Waals surface area (Å²) in [5.41, 5.74) is 0. The van der Waals surface area contributed by atoms with Crippen LogP contribution in [0.25, 0.3) is 0 Å². The van der Waals surface area contributed by atoms with Gasteiger partial charge < -0.3 is 9.47 Å². The molecule has 0 aromatic heterocycles. The number of unbranched alkanes of at least 4 members (excludes halogenated alkanes) is 8. The molecule has 3 aliphatic carbocycles. The fourth-order valence-corrected chi connectivity index (χ4v) is 7.15. The van der Waals surface area contributed by atoms with Gasteiger partial charge in [-0.2, -0.15) is 5.26 Å². The molecule has 0 N–H and O–H groups in total. The highest BCUT2D eigenvalue weighted by atomic mass is 16.7. The van der Waals surface area contributed by atoms with Gasteiger partial charge in [-0.1, -0.05) is 116 Å². The normalized spacial score (nSPS) is 28.8. The monoisotopic (exact) mass is 513 g/mol. The highest BCUT2D eigenvalue weighted by Crippen LogP contribution is 2.38. The van der Waals surface area contributed by atoms with Crippen molar-refractivity contribution in [1.29, 1.82) is 5.26 Å². The molecule has 3 unspecified atom stereocenters. The highest BCUT2D eigenvalue weighted by molar-refractivity contribution is 4.85. The van der Waals surface area contributed by atoms with Gasteiger partial charge in [-0.05, 0) is 63.2 Å². The quantitative estimate of drug-likeness (QED) is 0.217. The summed E-state index contributed by atoms with van der Waals surface area (Å²) in [6.45, 7) is 3.92. The minimum Gasteiger partial charge on any atom is -0.342 e. The fraction of sp³-hybridized carbons (Fsp3) is 0.912. The van der Waals surface area contributed by atoms with Gasteiger partial charge in [-0.15, -0.1) is 0 Å². The molecule has 2 radical (unpaired) electrons. The Morgan fingerprint density at radius 2 is 1.32 bits per heavy atom. The van der Waals surface area contributed by atoms with E-state index in [1.54, 1.807) is 0 Å². The van der Waals surface area contributed by atoms with Crippen LogP contribution in [0.5, 0.6) is 0 Å². The van der Waals surface area contributed by atoms with E-state index in [-0.39, 0.29) is 5.92 Å². The van der Waals surface area contributed by atoms with E-state index < -0.39 is 0 Å². The summed E-state index contributed by atoms with van der Waals surface area (Å²) >= 11 is 0. The van der Waals surface area contributed by atoms with Crippen LogP contribution in [0, 0.1) is 42.3 Å². The summed E-state index contributed by atoms with van der Waals surface area (Å²) in [6.07, 6.45) is 34.6. The molecule has 212 valence electrons. The number of nitrogens with zero attached hydrogens (tertiary/aromatic N) is 1. The first-order valence-electron chi connectivity index (χ1n) is 16.7. The molecule has 3 atom stereocenters. The second-order valence-electron chi connectivity index (χ2n) is 12.7. The van der Waals surface area contributed by atoms with Gasteiger partial charge in [0, 0.05) is 12.3 Å². The van der Waals surface area contributed by atoms with E-state index >= 15 is 0 Å². The topological polar surface area (TPSA) is 42.2 Å². The Morgan fingerprint density at radius 1 is 0.703 bits per heavy atom. The first-order chi connectivity index (χ1) is 18.3.